The molecule has 2 fully saturated rings. The van der Waals surface area contributed by atoms with Gasteiger partial charge in [0, 0.05) is 6.54 Å². The molecule has 2 aliphatic rings. The molecule has 114 valence electrons. The first-order valence-corrected chi connectivity index (χ1v) is 8.02. The predicted molar refractivity (Wildman–Crippen MR) is 79.2 cm³/mol. The molecule has 0 radical (unpaired) electrons. The van der Waals surface area contributed by atoms with Gasteiger partial charge in [-0.25, -0.2) is 0 Å². The van der Waals surface area contributed by atoms with Gasteiger partial charge in [-0.05, 0) is 45.4 Å². The maximum absolute atomic E-state index is 12.9. The van der Waals surface area contributed by atoms with Gasteiger partial charge in [0.05, 0.1) is 0 Å². The van der Waals surface area contributed by atoms with Gasteiger partial charge in [0.25, 0.3) is 0 Å². The van der Waals surface area contributed by atoms with Crippen LogP contribution in [0.25, 0.3) is 0 Å². The maximum atomic E-state index is 12.9. The molecule has 1 heterocycles. The summed E-state index contributed by atoms with van der Waals surface area (Å²) in [4.78, 5) is 27.3. The third-order valence-corrected chi connectivity index (χ3v) is 5.50. The second kappa shape index (κ2) is 5.38. The van der Waals surface area contributed by atoms with E-state index in [2.05, 4.69) is 5.32 Å². The second-order valence-corrected chi connectivity index (χ2v) is 6.83. The SMILES string of the molecule is CCC1(C)NC(=O)C(C)(CC)N(CC2CCCC2)C1=O. The number of carbonyl (C=O) groups excluding carboxylic acids is 2. The van der Waals surface area contributed by atoms with E-state index in [4.69, 9.17) is 0 Å². The standard InChI is InChI=1S/C16H28N2O2/c1-5-15(3)14(20)18(11-12-9-7-8-10-12)16(4,6-2)13(19)17-15/h12H,5-11H2,1-4H3,(H,17,19). The van der Waals surface area contributed by atoms with E-state index in [9.17, 15) is 9.59 Å². The van der Waals surface area contributed by atoms with Crippen LogP contribution in [0.4, 0.5) is 0 Å². The lowest BCUT2D eigenvalue weighted by Gasteiger charge is -2.50. The molecule has 2 atom stereocenters. The molecule has 1 N–H and O–H groups in total. The molecule has 1 aliphatic heterocycles. The van der Waals surface area contributed by atoms with Gasteiger partial charge in [0.2, 0.25) is 11.8 Å². The number of nitrogens with zero attached hydrogens (tertiary/aromatic N) is 1. The second-order valence-electron chi connectivity index (χ2n) is 6.83. The molecule has 4 heteroatoms. The number of hydrogen-bond donors (Lipinski definition) is 1. The van der Waals surface area contributed by atoms with Crippen molar-refractivity contribution in [3.05, 3.63) is 0 Å². The lowest BCUT2D eigenvalue weighted by atomic mass is 9.83. The topological polar surface area (TPSA) is 49.4 Å². The first-order valence-electron chi connectivity index (χ1n) is 8.02. The summed E-state index contributed by atoms with van der Waals surface area (Å²) in [5, 5.41) is 2.96. The monoisotopic (exact) mass is 280 g/mol. The fraction of sp³-hybridized carbons (Fsp3) is 0.875. The molecular weight excluding hydrogens is 252 g/mol. The average Bonchev–Trinajstić information content (AvgIpc) is 2.94. The largest absolute Gasteiger partial charge is 0.340 e. The molecule has 0 aromatic carbocycles. The zero-order chi connectivity index (χ0) is 15.0. The average molecular weight is 280 g/mol. The van der Waals surface area contributed by atoms with Crippen LogP contribution >= 0.6 is 0 Å². The molecule has 20 heavy (non-hydrogen) atoms. The third kappa shape index (κ3) is 2.33. The van der Waals surface area contributed by atoms with Crippen LogP contribution in [0.3, 0.4) is 0 Å². The molecule has 4 nitrogen and oxygen atoms in total. The summed E-state index contributed by atoms with van der Waals surface area (Å²) < 4.78 is 0. The van der Waals surface area contributed by atoms with Gasteiger partial charge in [-0.1, -0.05) is 26.7 Å². The molecule has 1 aliphatic carbocycles. The highest BCUT2D eigenvalue weighted by Crippen LogP contribution is 2.34. The molecule has 1 saturated heterocycles. The van der Waals surface area contributed by atoms with Crippen molar-refractivity contribution >= 4 is 11.8 Å². The molecular formula is C16H28N2O2. The summed E-state index contributed by atoms with van der Waals surface area (Å²) in [6.45, 7) is 8.45. The Bertz CT molecular complexity index is 403. The van der Waals surface area contributed by atoms with Crippen LogP contribution in [-0.2, 0) is 9.59 Å². The van der Waals surface area contributed by atoms with E-state index in [1.807, 2.05) is 32.6 Å². The third-order valence-electron chi connectivity index (χ3n) is 5.50. The Morgan fingerprint density at radius 3 is 2.25 bits per heavy atom. The quantitative estimate of drug-likeness (QED) is 0.860. The molecule has 0 bridgehead atoms. The van der Waals surface area contributed by atoms with Gasteiger partial charge in [0.15, 0.2) is 0 Å². The minimum absolute atomic E-state index is 0.00180. The summed E-state index contributed by atoms with van der Waals surface area (Å²) in [5.74, 6) is 0.662. The fourth-order valence-electron chi connectivity index (χ4n) is 3.41. The van der Waals surface area contributed by atoms with Crippen LogP contribution < -0.4 is 5.32 Å². The number of amides is 2. The lowest BCUT2D eigenvalue weighted by Crippen LogP contribution is -2.74. The number of rotatable bonds is 4. The number of piperazine rings is 1. The van der Waals surface area contributed by atoms with Crippen molar-refractivity contribution in [3.8, 4) is 0 Å². The number of carbonyl (C=O) groups is 2. The van der Waals surface area contributed by atoms with Crippen molar-refractivity contribution in [1.82, 2.24) is 10.2 Å². The van der Waals surface area contributed by atoms with Gasteiger partial charge in [-0.2, -0.15) is 0 Å². The first kappa shape index (κ1) is 15.3. The molecule has 2 rings (SSSR count). The van der Waals surface area contributed by atoms with Crippen molar-refractivity contribution in [3.63, 3.8) is 0 Å². The van der Waals surface area contributed by atoms with Crippen LogP contribution in [0.1, 0.15) is 66.2 Å². The van der Waals surface area contributed by atoms with Crippen LogP contribution in [0.2, 0.25) is 0 Å². The Kier molecular flexibility index (Phi) is 4.12. The highest BCUT2D eigenvalue weighted by atomic mass is 16.2. The van der Waals surface area contributed by atoms with Crippen molar-refractivity contribution in [2.24, 2.45) is 5.92 Å². The van der Waals surface area contributed by atoms with Crippen LogP contribution in [0, 0.1) is 5.92 Å². The van der Waals surface area contributed by atoms with Gasteiger partial charge in [-0.3, -0.25) is 9.59 Å². The summed E-state index contributed by atoms with van der Waals surface area (Å²) >= 11 is 0. The summed E-state index contributed by atoms with van der Waals surface area (Å²) in [6, 6.07) is 0. The normalized spacial score (nSPS) is 35.5. The number of nitrogens with one attached hydrogen (secondary N) is 1. The first-order chi connectivity index (χ1) is 9.37. The van der Waals surface area contributed by atoms with E-state index in [0.717, 1.165) is 6.54 Å². The van der Waals surface area contributed by atoms with Crippen molar-refractivity contribution < 1.29 is 9.59 Å². The zero-order valence-electron chi connectivity index (χ0n) is 13.3. The molecule has 0 spiro atoms. The van der Waals surface area contributed by atoms with E-state index in [-0.39, 0.29) is 11.8 Å². The molecule has 0 aromatic rings. The highest BCUT2D eigenvalue weighted by molar-refractivity contribution is 6.01. The van der Waals surface area contributed by atoms with Crippen LogP contribution in [-0.4, -0.2) is 34.3 Å². The molecule has 2 unspecified atom stereocenters. The molecule has 1 saturated carbocycles. The Morgan fingerprint density at radius 1 is 1.15 bits per heavy atom. The van der Waals surface area contributed by atoms with Crippen molar-refractivity contribution in [2.75, 3.05) is 6.54 Å². The summed E-state index contributed by atoms with van der Waals surface area (Å²) in [7, 11) is 0. The van der Waals surface area contributed by atoms with Crippen molar-refractivity contribution in [1.29, 1.82) is 0 Å². The Labute approximate surface area is 122 Å². The van der Waals surface area contributed by atoms with Gasteiger partial charge in [-0.15, -0.1) is 0 Å². The minimum atomic E-state index is -0.732. The van der Waals surface area contributed by atoms with Crippen molar-refractivity contribution in [2.45, 2.75) is 77.3 Å². The van der Waals surface area contributed by atoms with E-state index >= 15 is 0 Å². The minimum Gasteiger partial charge on any atom is -0.340 e. The van der Waals surface area contributed by atoms with E-state index in [0.29, 0.717) is 18.8 Å². The van der Waals surface area contributed by atoms with Crippen LogP contribution in [0.5, 0.6) is 0 Å². The highest BCUT2D eigenvalue weighted by Gasteiger charge is 2.53. The lowest BCUT2D eigenvalue weighted by molar-refractivity contribution is -0.162. The van der Waals surface area contributed by atoms with Gasteiger partial charge >= 0.3 is 0 Å². The van der Waals surface area contributed by atoms with E-state index in [1.54, 1.807) is 0 Å². The molecule has 2 amide bonds. The maximum Gasteiger partial charge on any atom is 0.248 e. The van der Waals surface area contributed by atoms with Gasteiger partial charge in [0.1, 0.15) is 11.1 Å². The summed E-state index contributed by atoms with van der Waals surface area (Å²) in [6.07, 6.45) is 6.19. The molecule has 0 aromatic heterocycles. The van der Waals surface area contributed by atoms with Gasteiger partial charge < -0.3 is 10.2 Å². The smallest absolute Gasteiger partial charge is 0.248 e. The zero-order valence-corrected chi connectivity index (χ0v) is 13.3. The fourth-order valence-corrected chi connectivity index (χ4v) is 3.41. The Morgan fingerprint density at radius 2 is 1.75 bits per heavy atom. The van der Waals surface area contributed by atoms with E-state index < -0.39 is 11.1 Å². The predicted octanol–water partition coefficient (Wildman–Crippen LogP) is 2.47. The summed E-state index contributed by atoms with van der Waals surface area (Å²) in [5.41, 5.74) is -1.42. The number of hydrogen-bond acceptors (Lipinski definition) is 2. The van der Waals surface area contributed by atoms with E-state index in [1.165, 1.54) is 25.7 Å². The Balaban J connectivity index is 2.29. The Hall–Kier alpha value is -1.06. The van der Waals surface area contributed by atoms with Crippen LogP contribution in [0.15, 0.2) is 0 Å².